The number of carbonyl (C=O) groups excluding carboxylic acids is 1. The Labute approximate surface area is 138 Å². The SMILES string of the molecule is CS(=O)(=O)CCCNC(=O)N[C@H]1CCC[C@@H]1Cc1ccccc1. The van der Waals surface area contributed by atoms with Crippen LogP contribution in [-0.4, -0.2) is 39.0 Å². The fraction of sp³-hybridized carbons (Fsp3) is 0.588. The zero-order valence-corrected chi connectivity index (χ0v) is 14.4. The molecule has 0 aliphatic heterocycles. The Hall–Kier alpha value is -1.56. The van der Waals surface area contributed by atoms with Crippen molar-refractivity contribution >= 4 is 15.9 Å². The predicted octanol–water partition coefficient (Wildman–Crippen LogP) is 2.13. The van der Waals surface area contributed by atoms with Crippen LogP contribution in [0.5, 0.6) is 0 Å². The maximum Gasteiger partial charge on any atom is 0.315 e. The summed E-state index contributed by atoms with van der Waals surface area (Å²) in [5.74, 6) is 0.576. The molecule has 1 saturated carbocycles. The van der Waals surface area contributed by atoms with E-state index in [0.717, 1.165) is 25.7 Å². The Morgan fingerprint density at radius 2 is 1.96 bits per heavy atom. The highest BCUT2D eigenvalue weighted by Crippen LogP contribution is 2.28. The Morgan fingerprint density at radius 3 is 2.65 bits per heavy atom. The molecule has 6 heteroatoms. The molecular formula is C17H26N2O3S. The highest BCUT2D eigenvalue weighted by Gasteiger charge is 2.28. The molecule has 1 aliphatic carbocycles. The van der Waals surface area contributed by atoms with Crippen LogP contribution in [0.4, 0.5) is 4.79 Å². The molecule has 0 aromatic heterocycles. The Morgan fingerprint density at radius 1 is 1.22 bits per heavy atom. The normalized spacial score (nSPS) is 21.1. The summed E-state index contributed by atoms with van der Waals surface area (Å²) in [7, 11) is -2.96. The van der Waals surface area contributed by atoms with E-state index in [1.54, 1.807) is 0 Å². The minimum Gasteiger partial charge on any atom is -0.338 e. The number of carbonyl (C=O) groups is 1. The fourth-order valence-electron chi connectivity index (χ4n) is 3.14. The third-order valence-electron chi connectivity index (χ3n) is 4.29. The third kappa shape index (κ3) is 6.60. The summed E-state index contributed by atoms with van der Waals surface area (Å²) in [6.45, 7) is 0.384. The average molecular weight is 338 g/mol. The van der Waals surface area contributed by atoms with Crippen molar-refractivity contribution in [3.8, 4) is 0 Å². The van der Waals surface area contributed by atoms with Gasteiger partial charge in [0.2, 0.25) is 0 Å². The minimum atomic E-state index is -2.96. The molecule has 0 radical (unpaired) electrons. The number of hydrogen-bond acceptors (Lipinski definition) is 3. The molecule has 5 nitrogen and oxygen atoms in total. The first-order chi connectivity index (χ1) is 10.9. The van der Waals surface area contributed by atoms with E-state index in [2.05, 4.69) is 22.8 Å². The number of urea groups is 1. The van der Waals surface area contributed by atoms with Gasteiger partial charge in [0.05, 0.1) is 5.75 Å². The summed E-state index contributed by atoms with van der Waals surface area (Å²) >= 11 is 0. The van der Waals surface area contributed by atoms with Crippen LogP contribution in [0, 0.1) is 5.92 Å². The second-order valence-corrected chi connectivity index (χ2v) is 8.63. The van der Waals surface area contributed by atoms with Crippen LogP contribution in [0.15, 0.2) is 30.3 Å². The monoisotopic (exact) mass is 338 g/mol. The van der Waals surface area contributed by atoms with E-state index in [9.17, 15) is 13.2 Å². The first kappa shape index (κ1) is 17.8. The van der Waals surface area contributed by atoms with Gasteiger partial charge in [-0.2, -0.15) is 0 Å². The molecule has 1 aromatic rings. The number of nitrogens with one attached hydrogen (secondary N) is 2. The summed E-state index contributed by atoms with van der Waals surface area (Å²) in [4.78, 5) is 11.9. The highest BCUT2D eigenvalue weighted by molar-refractivity contribution is 7.90. The molecule has 1 aliphatic rings. The van der Waals surface area contributed by atoms with E-state index in [0.29, 0.717) is 18.9 Å². The molecule has 2 atom stereocenters. The first-order valence-electron chi connectivity index (χ1n) is 8.20. The van der Waals surface area contributed by atoms with Crippen LogP contribution in [-0.2, 0) is 16.3 Å². The maximum absolute atomic E-state index is 11.9. The molecular weight excluding hydrogens is 312 g/mol. The number of rotatable bonds is 7. The van der Waals surface area contributed by atoms with Crippen molar-refractivity contribution in [2.24, 2.45) is 5.92 Å². The molecule has 2 rings (SSSR count). The Bertz CT molecular complexity index is 602. The van der Waals surface area contributed by atoms with E-state index in [4.69, 9.17) is 0 Å². The lowest BCUT2D eigenvalue weighted by Crippen LogP contribution is -2.44. The maximum atomic E-state index is 11.9. The molecule has 0 unspecified atom stereocenters. The van der Waals surface area contributed by atoms with Crippen LogP contribution < -0.4 is 10.6 Å². The Kier molecular flexibility index (Phi) is 6.45. The van der Waals surface area contributed by atoms with E-state index < -0.39 is 9.84 Å². The lowest BCUT2D eigenvalue weighted by molar-refractivity contribution is 0.233. The van der Waals surface area contributed by atoms with Gasteiger partial charge in [-0.25, -0.2) is 13.2 Å². The molecule has 2 amide bonds. The topological polar surface area (TPSA) is 75.3 Å². The summed E-state index contributed by atoms with van der Waals surface area (Å²) in [5, 5.41) is 5.80. The van der Waals surface area contributed by atoms with Crippen molar-refractivity contribution in [1.29, 1.82) is 0 Å². The number of benzene rings is 1. The summed E-state index contributed by atoms with van der Waals surface area (Å²) in [6, 6.07) is 10.4. The summed E-state index contributed by atoms with van der Waals surface area (Å²) in [6.07, 6.45) is 5.92. The summed E-state index contributed by atoms with van der Waals surface area (Å²) < 4.78 is 22.1. The van der Waals surface area contributed by atoms with Gasteiger partial charge in [-0.3, -0.25) is 0 Å². The van der Waals surface area contributed by atoms with Gasteiger partial charge in [0.15, 0.2) is 0 Å². The van der Waals surface area contributed by atoms with E-state index in [-0.39, 0.29) is 17.8 Å². The van der Waals surface area contributed by atoms with Crippen LogP contribution in [0.2, 0.25) is 0 Å². The molecule has 2 N–H and O–H groups in total. The van der Waals surface area contributed by atoms with Crippen molar-refractivity contribution in [3.63, 3.8) is 0 Å². The minimum absolute atomic E-state index is 0.105. The van der Waals surface area contributed by atoms with Crippen molar-refractivity contribution in [2.45, 2.75) is 38.1 Å². The van der Waals surface area contributed by atoms with Gasteiger partial charge in [0.1, 0.15) is 9.84 Å². The zero-order valence-electron chi connectivity index (χ0n) is 13.6. The van der Waals surface area contributed by atoms with Crippen molar-refractivity contribution in [2.75, 3.05) is 18.6 Å². The molecule has 0 heterocycles. The fourth-order valence-corrected chi connectivity index (χ4v) is 3.81. The van der Waals surface area contributed by atoms with Crippen molar-refractivity contribution in [1.82, 2.24) is 10.6 Å². The van der Waals surface area contributed by atoms with Gasteiger partial charge >= 0.3 is 6.03 Å². The first-order valence-corrected chi connectivity index (χ1v) is 10.3. The van der Waals surface area contributed by atoms with Gasteiger partial charge in [-0.15, -0.1) is 0 Å². The summed E-state index contributed by atoms with van der Waals surface area (Å²) in [5.41, 5.74) is 1.31. The van der Waals surface area contributed by atoms with Gasteiger partial charge in [-0.1, -0.05) is 36.8 Å². The van der Waals surface area contributed by atoms with E-state index in [1.165, 1.54) is 11.8 Å². The standard InChI is InChI=1S/C17H26N2O3S/c1-23(21,22)12-6-11-18-17(20)19-16-10-5-9-15(16)13-14-7-3-2-4-8-14/h2-4,7-8,15-16H,5-6,9-13H2,1H3,(H2,18,19,20)/t15-,16+/m1/s1. The molecule has 1 aromatic carbocycles. The van der Waals surface area contributed by atoms with Crippen molar-refractivity contribution in [3.05, 3.63) is 35.9 Å². The van der Waals surface area contributed by atoms with E-state index >= 15 is 0 Å². The number of sulfone groups is 1. The third-order valence-corrected chi connectivity index (χ3v) is 5.32. The number of hydrogen-bond donors (Lipinski definition) is 2. The lowest BCUT2D eigenvalue weighted by atomic mass is 9.95. The molecule has 0 saturated heterocycles. The quantitative estimate of drug-likeness (QED) is 0.748. The molecule has 1 fully saturated rings. The molecule has 23 heavy (non-hydrogen) atoms. The van der Waals surface area contributed by atoms with Crippen LogP contribution in [0.3, 0.4) is 0 Å². The van der Waals surface area contributed by atoms with Crippen LogP contribution in [0.1, 0.15) is 31.2 Å². The number of amides is 2. The van der Waals surface area contributed by atoms with Crippen molar-refractivity contribution < 1.29 is 13.2 Å². The van der Waals surface area contributed by atoms with Gasteiger partial charge in [0.25, 0.3) is 0 Å². The van der Waals surface area contributed by atoms with Gasteiger partial charge in [-0.05, 0) is 37.2 Å². The van der Waals surface area contributed by atoms with E-state index in [1.807, 2.05) is 18.2 Å². The second kappa shape index (κ2) is 8.34. The van der Waals surface area contributed by atoms with Crippen LogP contribution in [0.25, 0.3) is 0 Å². The van der Waals surface area contributed by atoms with Gasteiger partial charge < -0.3 is 10.6 Å². The predicted molar refractivity (Wildman–Crippen MR) is 92.1 cm³/mol. The Balaban J connectivity index is 1.74. The smallest absolute Gasteiger partial charge is 0.315 e. The second-order valence-electron chi connectivity index (χ2n) is 6.37. The largest absolute Gasteiger partial charge is 0.338 e. The zero-order chi connectivity index (χ0) is 16.7. The highest BCUT2D eigenvalue weighted by atomic mass is 32.2. The van der Waals surface area contributed by atoms with Crippen LogP contribution >= 0.6 is 0 Å². The lowest BCUT2D eigenvalue weighted by Gasteiger charge is -2.21. The molecule has 0 spiro atoms. The van der Waals surface area contributed by atoms with Gasteiger partial charge in [0, 0.05) is 18.8 Å². The molecule has 128 valence electrons. The molecule has 0 bridgehead atoms. The average Bonchev–Trinajstić information content (AvgIpc) is 2.91.